The summed E-state index contributed by atoms with van der Waals surface area (Å²) in [4.78, 5) is 13.3. The van der Waals surface area contributed by atoms with E-state index in [1.165, 1.54) is 0 Å². The molecule has 0 N–H and O–H groups in total. The van der Waals surface area contributed by atoms with Crippen LogP contribution in [0.5, 0.6) is 11.5 Å². The Labute approximate surface area is 265 Å². The molecule has 5 nitrogen and oxygen atoms in total. The first-order valence-corrected chi connectivity index (χ1v) is 21.6. The van der Waals surface area contributed by atoms with Gasteiger partial charge in [-0.05, 0) is 86.1 Å². The summed E-state index contributed by atoms with van der Waals surface area (Å²) in [5.41, 5.74) is 2.08. The molecule has 0 atom stereocenters. The molecule has 7 heteroatoms. The van der Waals surface area contributed by atoms with Crippen LogP contribution < -0.4 is 9.16 Å². The maximum Gasteiger partial charge on any atom is 0.310 e. The van der Waals surface area contributed by atoms with Crippen molar-refractivity contribution in [3.8, 4) is 11.5 Å². The summed E-state index contributed by atoms with van der Waals surface area (Å²) in [5, 5.41) is 0.124. The second kappa shape index (κ2) is 13.5. The lowest BCUT2D eigenvalue weighted by Crippen LogP contribution is -2.44. The molecule has 0 radical (unpaired) electrons. The Bertz CT molecular complexity index is 1210. The van der Waals surface area contributed by atoms with Gasteiger partial charge in [0.2, 0.25) is 8.32 Å². The molecule has 242 valence electrons. The zero-order chi connectivity index (χ0) is 33.1. The number of rotatable bonds is 12. The van der Waals surface area contributed by atoms with Crippen LogP contribution in [0.1, 0.15) is 99.3 Å². The minimum atomic E-state index is -2.25. The van der Waals surface area contributed by atoms with Gasteiger partial charge in [0.25, 0.3) is 0 Å². The van der Waals surface area contributed by atoms with Gasteiger partial charge in [-0.25, -0.2) is 0 Å². The minimum absolute atomic E-state index is 0.00785. The van der Waals surface area contributed by atoms with Gasteiger partial charge in [0.1, 0.15) is 23.7 Å². The van der Waals surface area contributed by atoms with E-state index in [1.54, 1.807) is 0 Å². The molecule has 0 fully saturated rings. The fourth-order valence-electron chi connectivity index (χ4n) is 4.32. The first-order valence-electron chi connectivity index (χ1n) is 15.7. The summed E-state index contributed by atoms with van der Waals surface area (Å²) < 4.78 is 25.9. The Balaban J connectivity index is 2.66. The van der Waals surface area contributed by atoms with Crippen LogP contribution in [-0.2, 0) is 32.4 Å². The maximum atomic E-state index is 13.3. The zero-order valence-electron chi connectivity index (χ0n) is 29.9. The van der Waals surface area contributed by atoms with Crippen molar-refractivity contribution in [2.75, 3.05) is 6.61 Å². The van der Waals surface area contributed by atoms with E-state index in [-0.39, 0.29) is 27.9 Å². The van der Waals surface area contributed by atoms with E-state index in [9.17, 15) is 4.79 Å². The molecular formula is C36H60O5Si2. The monoisotopic (exact) mass is 628 g/mol. The highest BCUT2D eigenvalue weighted by Gasteiger charge is 2.42. The molecular weight excluding hydrogens is 569 g/mol. The first-order chi connectivity index (χ1) is 19.3. The molecule has 0 unspecified atom stereocenters. The van der Waals surface area contributed by atoms with Gasteiger partial charge in [-0.3, -0.25) is 4.79 Å². The molecule has 0 aromatic heterocycles. The number of esters is 1. The molecule has 0 bridgehead atoms. The number of ether oxygens (including phenoxy) is 2. The van der Waals surface area contributed by atoms with Crippen molar-refractivity contribution in [3.05, 3.63) is 59.2 Å². The second-order valence-electron chi connectivity index (χ2n) is 16.6. The minimum Gasteiger partial charge on any atom is -0.543 e. The third-order valence-corrected chi connectivity index (χ3v) is 17.9. The highest BCUT2D eigenvalue weighted by Crippen LogP contribution is 2.45. The highest BCUT2D eigenvalue weighted by molar-refractivity contribution is 6.75. The highest BCUT2D eigenvalue weighted by atomic mass is 28.4. The summed E-state index contributed by atoms with van der Waals surface area (Å²) in [7, 11) is -4.17. The first kappa shape index (κ1) is 37.1. The number of carbonyl (C=O) groups is 1. The topological polar surface area (TPSA) is 54.0 Å². The number of benzene rings is 2. The molecule has 43 heavy (non-hydrogen) atoms. The van der Waals surface area contributed by atoms with Crippen LogP contribution in [0.4, 0.5) is 0 Å². The average Bonchev–Trinajstić information content (AvgIpc) is 2.80. The van der Waals surface area contributed by atoms with E-state index in [0.717, 1.165) is 28.9 Å². The molecule has 2 aromatic carbocycles. The van der Waals surface area contributed by atoms with Crippen molar-refractivity contribution in [2.24, 2.45) is 0 Å². The lowest BCUT2D eigenvalue weighted by Gasteiger charge is -2.40. The van der Waals surface area contributed by atoms with Crippen LogP contribution in [0, 0.1) is 0 Å². The van der Waals surface area contributed by atoms with Gasteiger partial charge in [0, 0.05) is 18.2 Å². The predicted molar refractivity (Wildman–Crippen MR) is 185 cm³/mol. The number of hydrogen-bond acceptors (Lipinski definition) is 5. The van der Waals surface area contributed by atoms with Crippen LogP contribution in [0.25, 0.3) is 0 Å². The quantitative estimate of drug-likeness (QED) is 0.173. The summed E-state index contributed by atoms with van der Waals surface area (Å²) in [6.07, 6.45) is 0.925. The summed E-state index contributed by atoms with van der Waals surface area (Å²) in [5.74, 6) is 1.22. The average molecular weight is 629 g/mol. The fraction of sp³-hybridized carbons (Fsp3) is 0.639. The van der Waals surface area contributed by atoms with Crippen LogP contribution >= 0.6 is 0 Å². The molecule has 0 aliphatic heterocycles. The molecule has 0 heterocycles. The SMILES string of the molecule is CC(C)(C)OC(=O)Cc1cc(OCc2ccccc2)cc(O[Si](C)(C)C(C)(C)C)c1C(C)(C)CCO[Si](C)(C)C(C)(C)C. The maximum absolute atomic E-state index is 13.3. The van der Waals surface area contributed by atoms with Crippen molar-refractivity contribution in [1.29, 1.82) is 0 Å². The van der Waals surface area contributed by atoms with Gasteiger partial charge < -0.3 is 18.3 Å². The molecule has 0 amide bonds. The molecule has 0 aliphatic carbocycles. The van der Waals surface area contributed by atoms with Crippen LogP contribution in [0.15, 0.2) is 42.5 Å². The second-order valence-corrected chi connectivity index (χ2v) is 26.1. The standard InChI is InChI=1S/C36H60O5Si2/c1-33(2,3)40-31(37)24-28-23-29(38-26-27-19-17-16-18-20-27)25-30(41-43(14,15)35(7,8)9)32(28)36(10,11)21-22-39-42(12,13)34(4,5)6/h16-20,23,25H,21-22,24,26H2,1-15H3. The molecule has 0 saturated heterocycles. The van der Waals surface area contributed by atoms with Crippen molar-refractivity contribution in [1.82, 2.24) is 0 Å². The normalized spacial score (nSPS) is 13.6. The van der Waals surface area contributed by atoms with Gasteiger partial charge in [-0.1, -0.05) is 85.7 Å². The van der Waals surface area contributed by atoms with Crippen molar-refractivity contribution >= 4 is 22.6 Å². The zero-order valence-corrected chi connectivity index (χ0v) is 31.9. The van der Waals surface area contributed by atoms with E-state index >= 15 is 0 Å². The van der Waals surface area contributed by atoms with E-state index in [1.807, 2.05) is 51.1 Å². The smallest absolute Gasteiger partial charge is 0.310 e. The number of carbonyl (C=O) groups excluding carboxylic acids is 1. The van der Waals surface area contributed by atoms with Crippen molar-refractivity contribution in [3.63, 3.8) is 0 Å². The van der Waals surface area contributed by atoms with E-state index in [0.29, 0.717) is 19.0 Å². The third kappa shape index (κ3) is 10.8. The van der Waals surface area contributed by atoms with Gasteiger partial charge in [-0.15, -0.1) is 0 Å². The van der Waals surface area contributed by atoms with E-state index in [2.05, 4.69) is 93.7 Å². The van der Waals surface area contributed by atoms with Gasteiger partial charge in [-0.2, -0.15) is 0 Å². The Morgan fingerprint density at radius 3 is 1.84 bits per heavy atom. The van der Waals surface area contributed by atoms with Gasteiger partial charge in [0.15, 0.2) is 8.32 Å². The van der Waals surface area contributed by atoms with Crippen molar-refractivity contribution < 1.29 is 23.1 Å². The summed E-state index contributed by atoms with van der Waals surface area (Å²) in [6, 6.07) is 14.2. The number of hydrogen-bond donors (Lipinski definition) is 0. The van der Waals surface area contributed by atoms with Gasteiger partial charge in [0.05, 0.1) is 6.42 Å². The van der Waals surface area contributed by atoms with E-state index < -0.39 is 22.2 Å². The lowest BCUT2D eigenvalue weighted by molar-refractivity contribution is -0.153. The molecule has 0 saturated carbocycles. The predicted octanol–water partition coefficient (Wildman–Crippen LogP) is 10.2. The van der Waals surface area contributed by atoms with Crippen LogP contribution in [0.2, 0.25) is 36.3 Å². The molecule has 2 aromatic rings. The Kier molecular flexibility index (Phi) is 11.6. The van der Waals surface area contributed by atoms with E-state index in [4.69, 9.17) is 18.3 Å². The summed E-state index contributed by atoms with van der Waals surface area (Å²) in [6.45, 7) is 33.9. The Morgan fingerprint density at radius 2 is 1.33 bits per heavy atom. The Morgan fingerprint density at radius 1 is 0.767 bits per heavy atom. The van der Waals surface area contributed by atoms with Crippen molar-refractivity contribution in [2.45, 2.75) is 143 Å². The third-order valence-electron chi connectivity index (χ3n) is 9.00. The lowest BCUT2D eigenvalue weighted by atomic mass is 9.78. The molecule has 0 spiro atoms. The molecule has 0 aliphatic rings. The largest absolute Gasteiger partial charge is 0.543 e. The van der Waals surface area contributed by atoms with Gasteiger partial charge >= 0.3 is 5.97 Å². The van der Waals surface area contributed by atoms with Crippen LogP contribution in [0.3, 0.4) is 0 Å². The molecule has 2 rings (SSSR count). The Hall–Kier alpha value is -2.10. The fourth-order valence-corrected chi connectivity index (χ4v) is 6.38. The summed E-state index contributed by atoms with van der Waals surface area (Å²) >= 11 is 0. The van der Waals surface area contributed by atoms with Crippen LogP contribution in [-0.4, -0.2) is 34.8 Å².